The Balaban J connectivity index is 0.000000426. The quantitative estimate of drug-likeness (QED) is 0.414. The number of carbonyl (C=O) groups is 2. The smallest absolute Gasteiger partial charge is 0.475 e. The Morgan fingerprint density at radius 1 is 1.18 bits per heavy atom. The second kappa shape index (κ2) is 10.6. The first-order valence-electron chi connectivity index (χ1n) is 12.1. The lowest BCUT2D eigenvalue weighted by Crippen LogP contribution is -2.41. The van der Waals surface area contributed by atoms with Crippen molar-refractivity contribution in [3.8, 4) is 0 Å². The number of pyridine rings is 1. The van der Waals surface area contributed by atoms with E-state index < -0.39 is 18.0 Å². The molecule has 13 heteroatoms. The van der Waals surface area contributed by atoms with Crippen LogP contribution in [0.25, 0.3) is 10.9 Å². The van der Waals surface area contributed by atoms with E-state index in [2.05, 4.69) is 40.6 Å². The van der Waals surface area contributed by atoms with Crippen LogP contribution < -0.4 is 15.5 Å². The van der Waals surface area contributed by atoms with Crippen molar-refractivity contribution in [2.75, 3.05) is 16.8 Å². The number of alkyl halides is 3. The molecule has 0 bridgehead atoms. The Labute approximate surface area is 215 Å². The number of fused-ring (bicyclic) bond motifs is 2. The minimum absolute atomic E-state index is 0.149. The number of benzene rings is 1. The van der Waals surface area contributed by atoms with Gasteiger partial charge in [0.2, 0.25) is 0 Å². The van der Waals surface area contributed by atoms with Crippen molar-refractivity contribution in [2.45, 2.75) is 57.3 Å². The van der Waals surface area contributed by atoms with Gasteiger partial charge in [-0.25, -0.2) is 19.0 Å². The van der Waals surface area contributed by atoms with Crippen LogP contribution in [0, 0.1) is 5.82 Å². The van der Waals surface area contributed by atoms with E-state index in [4.69, 9.17) is 9.90 Å². The monoisotopic (exact) mass is 536 g/mol. The van der Waals surface area contributed by atoms with Crippen molar-refractivity contribution in [2.24, 2.45) is 7.05 Å². The summed E-state index contributed by atoms with van der Waals surface area (Å²) in [6, 6.07) is 5.63. The van der Waals surface area contributed by atoms with Crippen LogP contribution in [0.5, 0.6) is 0 Å². The number of aromatic nitrogens is 3. The van der Waals surface area contributed by atoms with Crippen molar-refractivity contribution in [1.29, 1.82) is 0 Å². The van der Waals surface area contributed by atoms with Crippen molar-refractivity contribution >= 4 is 34.4 Å². The summed E-state index contributed by atoms with van der Waals surface area (Å²) in [7, 11) is 1.78. The molecule has 1 fully saturated rings. The summed E-state index contributed by atoms with van der Waals surface area (Å²) in [4.78, 5) is 28.1. The number of carboxylic acids is 1. The summed E-state index contributed by atoms with van der Waals surface area (Å²) in [6.45, 7) is 4.98. The van der Waals surface area contributed by atoms with E-state index in [-0.39, 0.29) is 11.7 Å². The maximum absolute atomic E-state index is 14.5. The molecule has 5 rings (SSSR count). The SMILES string of the molecule is C[C@@H]1CC(c2ccnc3c2CCN3C(=O)Nc2cc3cn(C)nc3cc2F)C[C@H](C)N1.O=C(O)C(F)(F)F. The molecular formula is C25H28F4N6O3. The van der Waals surface area contributed by atoms with Crippen LogP contribution in [0.15, 0.2) is 30.6 Å². The number of carbonyl (C=O) groups excluding carboxylic acids is 1. The summed E-state index contributed by atoms with van der Waals surface area (Å²) in [5.41, 5.74) is 3.15. The molecule has 2 aliphatic rings. The highest BCUT2D eigenvalue weighted by Crippen LogP contribution is 2.38. The largest absolute Gasteiger partial charge is 0.490 e. The molecule has 38 heavy (non-hydrogen) atoms. The topological polar surface area (TPSA) is 112 Å². The summed E-state index contributed by atoms with van der Waals surface area (Å²) >= 11 is 0. The maximum Gasteiger partial charge on any atom is 0.490 e. The first-order chi connectivity index (χ1) is 17.8. The molecule has 2 amide bonds. The fraction of sp³-hybridized carbons (Fsp3) is 0.440. The standard InChI is InChI=1S/C23H27FN6O.C2HF3O2/c1-13-8-15(9-14(2)26-13)17-4-6-25-22-18(17)5-7-30(22)23(31)27-21-10-16-12-29(3)28-20(16)11-19(21)24;3-2(4,5)1(6)7/h4,6,10-15,26H,5,7-9H2,1-3H3,(H,27,31);(H,6,7)/t13-,14+,15?;. The molecule has 0 radical (unpaired) electrons. The number of amides is 2. The van der Waals surface area contributed by atoms with Gasteiger partial charge in [0.1, 0.15) is 11.6 Å². The van der Waals surface area contributed by atoms with Gasteiger partial charge in [0, 0.05) is 55.1 Å². The second-order valence-electron chi connectivity index (χ2n) is 9.67. The molecule has 3 N–H and O–H groups in total. The van der Waals surface area contributed by atoms with E-state index in [0.717, 1.165) is 30.2 Å². The number of aliphatic carboxylic acids is 1. The average Bonchev–Trinajstić information content (AvgIpc) is 3.40. The van der Waals surface area contributed by atoms with Crippen molar-refractivity contribution in [1.82, 2.24) is 20.1 Å². The highest BCUT2D eigenvalue weighted by molar-refractivity contribution is 6.03. The Morgan fingerprint density at radius 3 is 2.47 bits per heavy atom. The number of anilines is 2. The van der Waals surface area contributed by atoms with Gasteiger partial charge >= 0.3 is 18.2 Å². The molecule has 9 nitrogen and oxygen atoms in total. The molecule has 3 aromatic rings. The van der Waals surface area contributed by atoms with E-state index in [9.17, 15) is 22.4 Å². The second-order valence-corrected chi connectivity index (χ2v) is 9.67. The van der Waals surface area contributed by atoms with Gasteiger partial charge in [-0.05, 0) is 56.7 Å². The van der Waals surface area contributed by atoms with Gasteiger partial charge in [-0.2, -0.15) is 18.3 Å². The molecule has 0 aliphatic carbocycles. The number of rotatable bonds is 2. The van der Waals surface area contributed by atoms with Crippen molar-refractivity contribution in [3.05, 3.63) is 47.5 Å². The number of piperidine rings is 1. The van der Waals surface area contributed by atoms with Crippen molar-refractivity contribution in [3.63, 3.8) is 0 Å². The number of halogens is 4. The van der Waals surface area contributed by atoms with Crippen molar-refractivity contribution < 1.29 is 32.3 Å². The molecule has 1 saturated heterocycles. The van der Waals surface area contributed by atoms with E-state index >= 15 is 0 Å². The van der Waals surface area contributed by atoms with Gasteiger partial charge in [-0.3, -0.25) is 9.58 Å². The lowest BCUT2D eigenvalue weighted by atomic mass is 9.82. The van der Waals surface area contributed by atoms with Gasteiger partial charge < -0.3 is 15.7 Å². The fourth-order valence-corrected chi connectivity index (χ4v) is 5.17. The first-order valence-corrected chi connectivity index (χ1v) is 12.1. The van der Waals surface area contributed by atoms with Gasteiger partial charge in [0.15, 0.2) is 0 Å². The Kier molecular flexibility index (Phi) is 7.58. The maximum atomic E-state index is 14.5. The van der Waals surface area contributed by atoms with E-state index in [1.807, 2.05) is 0 Å². The molecule has 204 valence electrons. The number of carboxylic acid groups (broad SMARTS) is 1. The molecule has 3 atom stereocenters. The number of urea groups is 1. The Bertz CT molecular complexity index is 1350. The van der Waals surface area contributed by atoms with Crippen LogP contribution in [0.4, 0.5) is 33.9 Å². The number of nitrogens with zero attached hydrogens (tertiary/aromatic N) is 4. The van der Waals surface area contributed by atoms with E-state index in [0.29, 0.717) is 35.9 Å². The van der Waals surface area contributed by atoms with Gasteiger partial charge in [0.25, 0.3) is 0 Å². The minimum Gasteiger partial charge on any atom is -0.475 e. The van der Waals surface area contributed by atoms with Crippen LogP contribution in [0.1, 0.15) is 43.7 Å². The zero-order valence-electron chi connectivity index (χ0n) is 21.0. The third-order valence-electron chi connectivity index (χ3n) is 6.63. The summed E-state index contributed by atoms with van der Waals surface area (Å²) < 4.78 is 47.9. The van der Waals surface area contributed by atoms with Gasteiger partial charge in [-0.15, -0.1) is 0 Å². The number of hydrogen-bond acceptors (Lipinski definition) is 5. The highest BCUT2D eigenvalue weighted by Gasteiger charge is 2.38. The van der Waals surface area contributed by atoms with Gasteiger partial charge in [0.05, 0.1) is 11.2 Å². The molecule has 1 unspecified atom stereocenters. The molecule has 1 aromatic carbocycles. The number of aryl methyl sites for hydroxylation is 1. The number of hydrogen-bond donors (Lipinski definition) is 3. The summed E-state index contributed by atoms with van der Waals surface area (Å²) in [5, 5.41) is 18.4. The highest BCUT2D eigenvalue weighted by atomic mass is 19.4. The molecule has 2 aromatic heterocycles. The Hall–Kier alpha value is -3.74. The molecule has 0 saturated carbocycles. The van der Waals surface area contributed by atoms with Crippen LogP contribution in [0.2, 0.25) is 0 Å². The number of nitrogens with one attached hydrogen (secondary N) is 2. The van der Waals surface area contributed by atoms with Crippen LogP contribution in [0.3, 0.4) is 0 Å². The predicted molar refractivity (Wildman–Crippen MR) is 133 cm³/mol. The zero-order chi connectivity index (χ0) is 27.8. The van der Waals surface area contributed by atoms with E-state index in [1.54, 1.807) is 35.1 Å². The summed E-state index contributed by atoms with van der Waals surface area (Å²) in [6.07, 6.45) is 1.42. The molecular weight excluding hydrogens is 508 g/mol. The zero-order valence-corrected chi connectivity index (χ0v) is 21.0. The fourth-order valence-electron chi connectivity index (χ4n) is 5.17. The van der Waals surface area contributed by atoms with E-state index in [1.165, 1.54) is 11.6 Å². The van der Waals surface area contributed by atoms with Gasteiger partial charge in [-0.1, -0.05) is 0 Å². The molecule has 0 spiro atoms. The van der Waals surface area contributed by atoms with Crippen LogP contribution in [-0.2, 0) is 18.3 Å². The average molecular weight is 537 g/mol. The molecule has 2 aliphatic heterocycles. The summed E-state index contributed by atoms with van der Waals surface area (Å²) in [5.74, 6) is -2.11. The normalized spacial score (nSPS) is 21.0. The lowest BCUT2D eigenvalue weighted by molar-refractivity contribution is -0.192. The third-order valence-corrected chi connectivity index (χ3v) is 6.63. The van der Waals surface area contributed by atoms with Crippen LogP contribution in [-0.4, -0.2) is 56.7 Å². The van der Waals surface area contributed by atoms with Crippen LogP contribution >= 0.6 is 0 Å². The first kappa shape index (κ1) is 27.3. The molecule has 4 heterocycles. The minimum atomic E-state index is -5.08. The Morgan fingerprint density at radius 2 is 1.84 bits per heavy atom. The third kappa shape index (κ3) is 5.87. The lowest BCUT2D eigenvalue weighted by Gasteiger charge is -2.34. The predicted octanol–water partition coefficient (Wildman–Crippen LogP) is 4.58.